The molecule has 0 saturated heterocycles. The summed E-state index contributed by atoms with van der Waals surface area (Å²) in [5.41, 5.74) is 0. The Bertz CT molecular complexity index is 213. The molecule has 12 heteroatoms. The van der Waals surface area contributed by atoms with E-state index in [0.29, 0.717) is 0 Å². The van der Waals surface area contributed by atoms with Gasteiger partial charge in [0.2, 0.25) is 0 Å². The van der Waals surface area contributed by atoms with E-state index in [9.17, 15) is 0 Å². The molecule has 0 atom stereocenters. The van der Waals surface area contributed by atoms with Crippen LogP contribution in [0.5, 0.6) is 0 Å². The Hall–Kier alpha value is 1.86. The van der Waals surface area contributed by atoms with Gasteiger partial charge in [-0.05, 0) is 0 Å². The quantitative estimate of drug-likeness (QED) is 0.397. The summed E-state index contributed by atoms with van der Waals surface area (Å²) in [6.07, 6.45) is 0. The zero-order valence-electron chi connectivity index (χ0n) is 5.11. The normalized spacial score (nSPS) is 9.67. The molecule has 0 radical (unpaired) electrons. The van der Waals surface area contributed by atoms with Gasteiger partial charge in [0.25, 0.3) is 0 Å². The summed E-state index contributed by atoms with van der Waals surface area (Å²) >= 11 is -11.5. The molecule has 0 aliphatic carbocycles. The minimum atomic E-state index is -5.75. The van der Waals surface area contributed by atoms with Gasteiger partial charge in [-0.3, -0.25) is 0 Å². The molecule has 0 fully saturated rings. The van der Waals surface area contributed by atoms with Crippen molar-refractivity contribution in [3.05, 3.63) is 0 Å². The number of rotatable bonds is 0. The van der Waals surface area contributed by atoms with Gasteiger partial charge in [-0.25, -0.2) is 0 Å². The first-order valence-corrected chi connectivity index (χ1v) is 5.50. The summed E-state index contributed by atoms with van der Waals surface area (Å²) in [7, 11) is 0. The van der Waals surface area contributed by atoms with Gasteiger partial charge < -0.3 is 0 Å². The second-order valence-electron chi connectivity index (χ2n) is 0.816. The molecule has 0 N–H and O–H groups in total. The van der Waals surface area contributed by atoms with Crippen LogP contribution in [0.25, 0.3) is 0 Å². The molecular weight excluding hydrogens is 331 g/mol. The third-order valence-electron chi connectivity index (χ3n) is 0. The summed E-state index contributed by atoms with van der Waals surface area (Å²) in [6.45, 7) is 0. The third kappa shape index (κ3) is 405. The van der Waals surface area contributed by atoms with Crippen LogP contribution in [0.4, 0.5) is 0 Å². The van der Waals surface area contributed by atoms with Crippen LogP contribution in [0.2, 0.25) is 0 Å². The van der Waals surface area contributed by atoms with Crippen molar-refractivity contribution in [1.29, 1.82) is 0 Å². The Labute approximate surface area is 112 Å². The molecule has 0 saturated carbocycles. The molecule has 0 unspecified atom stereocenters. The van der Waals surface area contributed by atoms with Crippen molar-refractivity contribution in [3.63, 3.8) is 0 Å². The fourth-order valence-corrected chi connectivity index (χ4v) is 0. The van der Waals surface area contributed by atoms with E-state index in [4.69, 9.17) is 31.8 Å². The Balaban J connectivity index is -0.0000000457. The molecule has 8 nitrogen and oxygen atoms in total. The van der Waals surface area contributed by atoms with E-state index in [0.717, 1.165) is 0 Å². The average molecular weight is 331 g/mol. The van der Waals surface area contributed by atoms with Gasteiger partial charge in [0.15, 0.2) is 0 Å². The van der Waals surface area contributed by atoms with Crippen molar-refractivity contribution in [1.82, 2.24) is 0 Å². The summed E-state index contributed by atoms with van der Waals surface area (Å²) in [5.74, 6) is 0. The maximum absolute atomic E-state index is 8.59. The Morgan fingerprint density at radius 2 is 0.667 bits per heavy atom. The molecule has 0 heterocycles. The van der Waals surface area contributed by atoms with E-state index in [-0.39, 0.29) is 54.2 Å². The van der Waals surface area contributed by atoms with E-state index in [1.807, 2.05) is 0 Å². The van der Waals surface area contributed by atoms with Gasteiger partial charge in [-0.2, -0.15) is 0 Å². The molecule has 0 aromatic carbocycles. The molecule has 0 amide bonds. The van der Waals surface area contributed by atoms with Crippen LogP contribution in [0.15, 0.2) is 0 Å². The van der Waals surface area contributed by atoms with Gasteiger partial charge in [-0.15, -0.1) is 0 Å². The fraction of sp³-hybridized carbons (Fsp3) is 0. The van der Waals surface area contributed by atoms with Gasteiger partial charge in [0.1, 0.15) is 0 Å². The SMILES string of the molecule is [Ca+2].[Ni+2].[O]=[Cr](=[O])([O-])[O-].[O]=[Cr](=[O])([O-])[O-]. The fourth-order valence-electron chi connectivity index (χ4n) is 0. The maximum atomic E-state index is 8.59. The van der Waals surface area contributed by atoms with Crippen LogP contribution in [0.3, 0.4) is 0 Å². The van der Waals surface area contributed by atoms with Gasteiger partial charge in [0.05, 0.1) is 0 Å². The Kier molecular flexibility index (Phi) is 18.5. The average Bonchev–Trinajstić information content (AvgIpc) is 1.12. The predicted octanol–water partition coefficient (Wildman–Crippen LogP) is -5.62. The van der Waals surface area contributed by atoms with E-state index in [1.165, 1.54) is 0 Å². The summed E-state index contributed by atoms with van der Waals surface area (Å²) in [5, 5.41) is 0. The van der Waals surface area contributed by atoms with Crippen LogP contribution in [0.1, 0.15) is 0 Å². The van der Waals surface area contributed by atoms with Gasteiger partial charge >= 0.3 is 113 Å². The topological polar surface area (TPSA) is 161 Å². The van der Waals surface area contributed by atoms with Crippen molar-refractivity contribution in [3.8, 4) is 0 Å². The predicted molar refractivity (Wildman–Crippen MR) is 8.50 cm³/mol. The Morgan fingerprint density at radius 1 is 0.667 bits per heavy atom. The van der Waals surface area contributed by atoms with E-state index in [1.54, 1.807) is 0 Å². The van der Waals surface area contributed by atoms with Crippen molar-refractivity contribution >= 4 is 37.7 Å². The van der Waals surface area contributed by atoms with Crippen molar-refractivity contribution in [2.24, 2.45) is 0 Å². The second-order valence-corrected chi connectivity index (χ2v) is 3.37. The van der Waals surface area contributed by atoms with E-state index in [2.05, 4.69) is 0 Å². The van der Waals surface area contributed by atoms with E-state index < -0.39 is 27.2 Å². The molecule has 0 rings (SSSR count). The molecule has 0 aliphatic heterocycles. The molecule has 0 aromatic rings. The van der Waals surface area contributed by atoms with Crippen LogP contribution in [-0.4, -0.2) is 37.7 Å². The molecule has 12 heavy (non-hydrogen) atoms. The van der Waals surface area contributed by atoms with Crippen LogP contribution in [-0.2, 0) is 58.9 Å². The van der Waals surface area contributed by atoms with Crippen LogP contribution < -0.4 is 16.6 Å². The van der Waals surface area contributed by atoms with Crippen molar-refractivity contribution < 1.29 is 75.6 Å². The van der Waals surface area contributed by atoms with E-state index >= 15 is 0 Å². The number of hydrogen-bond donors (Lipinski definition) is 0. The minimum absolute atomic E-state index is 0. The summed E-state index contributed by atoms with van der Waals surface area (Å²) < 4.78 is 68.8. The molecule has 0 spiro atoms. The molecule has 0 aromatic heterocycles. The first-order chi connectivity index (χ1) is 4.00. The van der Waals surface area contributed by atoms with Gasteiger partial charge in [-0.1, -0.05) is 0 Å². The number of hydrogen-bond acceptors (Lipinski definition) is 8. The monoisotopic (exact) mass is 330 g/mol. The molecular formula is CaCr2NiO8. The second kappa shape index (κ2) is 9.41. The first kappa shape index (κ1) is 23.6. The molecule has 0 bridgehead atoms. The van der Waals surface area contributed by atoms with Crippen LogP contribution in [0, 0.1) is 0 Å². The van der Waals surface area contributed by atoms with Gasteiger partial charge in [0, 0.05) is 0 Å². The Morgan fingerprint density at radius 3 is 0.667 bits per heavy atom. The standard InChI is InChI=1S/Ca.2Cr.Ni.8O/q+2;;;+2;;;;;4*-1. The molecule has 0 aliphatic rings. The third-order valence-corrected chi connectivity index (χ3v) is 0. The van der Waals surface area contributed by atoms with Crippen LogP contribution >= 0.6 is 0 Å². The summed E-state index contributed by atoms with van der Waals surface area (Å²) in [6, 6.07) is 0. The summed E-state index contributed by atoms with van der Waals surface area (Å²) in [4.78, 5) is 0. The van der Waals surface area contributed by atoms with Crippen molar-refractivity contribution in [2.45, 2.75) is 0 Å². The van der Waals surface area contributed by atoms with Crippen molar-refractivity contribution in [2.75, 3.05) is 0 Å². The molecule has 72 valence electrons. The first-order valence-electron chi connectivity index (χ1n) is 1.33. The zero-order chi connectivity index (χ0) is 9.00. The zero-order valence-corrected chi connectivity index (χ0v) is 10.9.